The molecule has 0 saturated heterocycles. The molecule has 0 aliphatic heterocycles. The minimum absolute atomic E-state index is 0.106. The summed E-state index contributed by atoms with van der Waals surface area (Å²) in [6, 6.07) is -0.115. The Labute approximate surface area is 83.6 Å². The van der Waals surface area contributed by atoms with Crippen molar-refractivity contribution in [1.29, 1.82) is 5.41 Å². The number of nitrogens with one attached hydrogen (secondary N) is 2. The Morgan fingerprint density at radius 1 is 1.62 bits per heavy atom. The lowest BCUT2D eigenvalue weighted by molar-refractivity contribution is 0.224. The van der Waals surface area contributed by atoms with Gasteiger partial charge < -0.3 is 5.32 Å². The predicted octanol–water partition coefficient (Wildman–Crippen LogP) is 1.72. The van der Waals surface area contributed by atoms with Crippen molar-refractivity contribution in [1.82, 2.24) is 10.2 Å². The zero-order chi connectivity index (χ0) is 10.4. The van der Waals surface area contributed by atoms with Crippen molar-refractivity contribution in [2.75, 3.05) is 12.8 Å². The maximum Gasteiger partial charge on any atom is 0.323 e. The predicted molar refractivity (Wildman–Crippen MR) is 57.3 cm³/mol. The molecule has 0 atom stereocenters. The third-order valence-electron chi connectivity index (χ3n) is 1.30. The van der Waals surface area contributed by atoms with Crippen molar-refractivity contribution in [3.63, 3.8) is 0 Å². The summed E-state index contributed by atoms with van der Waals surface area (Å²) in [5.41, 5.74) is 0. The van der Waals surface area contributed by atoms with E-state index in [0.29, 0.717) is 0 Å². The van der Waals surface area contributed by atoms with Crippen LogP contribution in [-0.4, -0.2) is 34.9 Å². The highest BCUT2D eigenvalue weighted by Gasteiger charge is 2.13. The van der Waals surface area contributed by atoms with E-state index in [4.69, 9.17) is 5.41 Å². The van der Waals surface area contributed by atoms with Crippen LogP contribution in [0.25, 0.3) is 0 Å². The van der Waals surface area contributed by atoms with E-state index >= 15 is 0 Å². The molecule has 0 fully saturated rings. The van der Waals surface area contributed by atoms with E-state index in [0.717, 1.165) is 5.75 Å². The van der Waals surface area contributed by atoms with Crippen LogP contribution in [0.3, 0.4) is 0 Å². The highest BCUT2D eigenvalue weighted by molar-refractivity contribution is 8.13. The second kappa shape index (κ2) is 5.85. The van der Waals surface area contributed by atoms with Crippen LogP contribution in [0.15, 0.2) is 0 Å². The number of amides is 2. The molecular formula is C8H17N3OS. The van der Waals surface area contributed by atoms with Crippen molar-refractivity contribution in [2.24, 2.45) is 0 Å². The van der Waals surface area contributed by atoms with Crippen LogP contribution in [0.1, 0.15) is 20.8 Å². The Morgan fingerprint density at radius 2 is 2.15 bits per heavy atom. The topological polar surface area (TPSA) is 56.2 Å². The van der Waals surface area contributed by atoms with Gasteiger partial charge in [-0.25, -0.2) is 4.79 Å². The standard InChI is InChI=1S/C8H17N3OS/c1-5-13-7(9)11(4)8(12)10-6(2)3/h6,9H,5H2,1-4H3,(H,10,12). The zero-order valence-corrected chi connectivity index (χ0v) is 9.36. The summed E-state index contributed by atoms with van der Waals surface area (Å²) in [4.78, 5) is 12.6. The van der Waals surface area contributed by atoms with Gasteiger partial charge in [-0.1, -0.05) is 18.7 Å². The monoisotopic (exact) mass is 203 g/mol. The summed E-state index contributed by atoms with van der Waals surface area (Å²) in [5, 5.41) is 10.5. The number of rotatable bonds is 2. The Kier molecular flexibility index (Phi) is 5.53. The van der Waals surface area contributed by atoms with E-state index in [1.807, 2.05) is 20.8 Å². The van der Waals surface area contributed by atoms with E-state index in [1.54, 1.807) is 7.05 Å². The van der Waals surface area contributed by atoms with Crippen molar-refractivity contribution >= 4 is 23.0 Å². The van der Waals surface area contributed by atoms with Gasteiger partial charge in [0.2, 0.25) is 0 Å². The minimum atomic E-state index is -0.221. The van der Waals surface area contributed by atoms with Gasteiger partial charge in [0, 0.05) is 13.1 Å². The molecule has 5 heteroatoms. The molecule has 0 bridgehead atoms. The molecule has 0 radical (unpaired) electrons. The summed E-state index contributed by atoms with van der Waals surface area (Å²) in [6.07, 6.45) is 0. The van der Waals surface area contributed by atoms with Gasteiger partial charge in [0.05, 0.1) is 0 Å². The van der Waals surface area contributed by atoms with Crippen LogP contribution in [0.2, 0.25) is 0 Å². The van der Waals surface area contributed by atoms with Gasteiger partial charge in [-0.05, 0) is 19.6 Å². The van der Waals surface area contributed by atoms with E-state index in [9.17, 15) is 4.79 Å². The Hall–Kier alpha value is -0.710. The highest BCUT2D eigenvalue weighted by Crippen LogP contribution is 2.04. The molecule has 0 aliphatic carbocycles. The van der Waals surface area contributed by atoms with Crippen molar-refractivity contribution in [3.8, 4) is 0 Å². The Balaban J connectivity index is 4.01. The summed E-state index contributed by atoms with van der Waals surface area (Å²) in [6.45, 7) is 5.73. The summed E-state index contributed by atoms with van der Waals surface area (Å²) >= 11 is 1.34. The van der Waals surface area contributed by atoms with Crippen LogP contribution in [0.4, 0.5) is 4.79 Å². The molecule has 0 spiro atoms. The first kappa shape index (κ1) is 12.3. The average Bonchev–Trinajstić information content (AvgIpc) is 2.02. The molecule has 0 aromatic heterocycles. The van der Waals surface area contributed by atoms with E-state index < -0.39 is 0 Å². The van der Waals surface area contributed by atoms with Gasteiger partial charge in [-0.3, -0.25) is 10.3 Å². The zero-order valence-electron chi connectivity index (χ0n) is 8.55. The lowest BCUT2D eigenvalue weighted by Gasteiger charge is -2.19. The third kappa shape index (κ3) is 4.77. The molecule has 0 heterocycles. The molecule has 13 heavy (non-hydrogen) atoms. The number of carbonyl (C=O) groups is 1. The number of thioether (sulfide) groups is 1. The lowest BCUT2D eigenvalue weighted by atomic mass is 10.4. The maximum atomic E-state index is 11.3. The van der Waals surface area contributed by atoms with Gasteiger partial charge in [-0.15, -0.1) is 0 Å². The largest absolute Gasteiger partial charge is 0.335 e. The first-order valence-corrected chi connectivity index (χ1v) is 5.23. The van der Waals surface area contributed by atoms with Gasteiger partial charge >= 0.3 is 6.03 Å². The number of urea groups is 1. The molecular weight excluding hydrogens is 186 g/mol. The number of amidine groups is 1. The van der Waals surface area contributed by atoms with Crippen molar-refractivity contribution < 1.29 is 4.79 Å². The molecule has 2 amide bonds. The maximum absolute atomic E-state index is 11.3. The number of hydrogen-bond donors (Lipinski definition) is 2. The van der Waals surface area contributed by atoms with Crippen LogP contribution in [-0.2, 0) is 0 Å². The Bertz CT molecular complexity index is 194. The fourth-order valence-corrected chi connectivity index (χ4v) is 1.22. The van der Waals surface area contributed by atoms with Crippen LogP contribution >= 0.6 is 11.8 Å². The fraction of sp³-hybridized carbons (Fsp3) is 0.750. The third-order valence-corrected chi connectivity index (χ3v) is 2.14. The molecule has 0 aliphatic rings. The van der Waals surface area contributed by atoms with Crippen LogP contribution in [0.5, 0.6) is 0 Å². The fourth-order valence-electron chi connectivity index (χ4n) is 0.670. The smallest absolute Gasteiger partial charge is 0.323 e. The molecule has 2 N–H and O–H groups in total. The number of hydrogen-bond acceptors (Lipinski definition) is 3. The van der Waals surface area contributed by atoms with Crippen LogP contribution < -0.4 is 5.32 Å². The molecule has 0 aromatic rings. The summed E-state index contributed by atoms with van der Waals surface area (Å²) < 4.78 is 0. The second-order valence-corrected chi connectivity index (χ2v) is 4.15. The van der Waals surface area contributed by atoms with Crippen molar-refractivity contribution in [2.45, 2.75) is 26.8 Å². The van der Waals surface area contributed by atoms with E-state index in [2.05, 4.69) is 5.32 Å². The number of carbonyl (C=O) groups excluding carboxylic acids is 1. The van der Waals surface area contributed by atoms with Gasteiger partial charge in [0.1, 0.15) is 0 Å². The molecule has 0 aromatic carbocycles. The average molecular weight is 203 g/mol. The van der Waals surface area contributed by atoms with Gasteiger partial charge in [0.25, 0.3) is 0 Å². The highest BCUT2D eigenvalue weighted by atomic mass is 32.2. The molecule has 76 valence electrons. The van der Waals surface area contributed by atoms with Gasteiger partial charge in [-0.2, -0.15) is 0 Å². The lowest BCUT2D eigenvalue weighted by Crippen LogP contribution is -2.42. The quantitative estimate of drug-likeness (QED) is 0.530. The van der Waals surface area contributed by atoms with E-state index in [-0.39, 0.29) is 17.2 Å². The Morgan fingerprint density at radius 3 is 2.54 bits per heavy atom. The van der Waals surface area contributed by atoms with Crippen LogP contribution in [0, 0.1) is 5.41 Å². The second-order valence-electron chi connectivity index (χ2n) is 2.90. The van der Waals surface area contributed by atoms with Gasteiger partial charge in [0.15, 0.2) is 5.17 Å². The molecule has 0 saturated carbocycles. The SMILES string of the molecule is CCSC(=N)N(C)C(=O)NC(C)C. The van der Waals surface area contributed by atoms with Crippen molar-refractivity contribution in [3.05, 3.63) is 0 Å². The normalized spacial score (nSPS) is 9.92. The number of nitrogens with zero attached hydrogens (tertiary/aromatic N) is 1. The first-order chi connectivity index (χ1) is 5.99. The summed E-state index contributed by atoms with van der Waals surface area (Å²) in [5.74, 6) is 0.804. The molecule has 4 nitrogen and oxygen atoms in total. The van der Waals surface area contributed by atoms with E-state index in [1.165, 1.54) is 16.7 Å². The first-order valence-electron chi connectivity index (χ1n) is 4.24. The minimum Gasteiger partial charge on any atom is -0.335 e. The molecule has 0 unspecified atom stereocenters. The summed E-state index contributed by atoms with van der Waals surface area (Å²) in [7, 11) is 1.60. The molecule has 0 rings (SSSR count).